The summed E-state index contributed by atoms with van der Waals surface area (Å²) in [6.07, 6.45) is 0. The molecule has 0 aromatic rings. The molecule has 0 atom stereocenters. The molecule has 12 nitrogen and oxygen atoms in total. The summed E-state index contributed by atoms with van der Waals surface area (Å²) in [5.74, 6) is 0. The van der Waals surface area contributed by atoms with E-state index in [1.54, 1.807) is 0 Å². The molecule has 0 N–H and O–H groups in total. The van der Waals surface area contributed by atoms with E-state index in [0.717, 1.165) is 0 Å². The molecule has 3 rings (SSSR count). The lowest BCUT2D eigenvalue weighted by Gasteiger charge is -2.36. The number of fused-ring (bicyclic) bond motifs is 3. The third-order valence-electron chi connectivity index (χ3n) is 2.36. The van der Waals surface area contributed by atoms with Crippen LogP contribution in [0, 0.1) is 0 Å². The van der Waals surface area contributed by atoms with Gasteiger partial charge in [0.05, 0.1) is 0 Å². The van der Waals surface area contributed by atoms with Gasteiger partial charge < -0.3 is 49.4 Å². The topological polar surface area (TPSA) is 111 Å². The van der Waals surface area contributed by atoms with Crippen molar-refractivity contribution in [2.45, 2.75) is 39.3 Å². The van der Waals surface area contributed by atoms with Crippen LogP contribution in [0.5, 0.6) is 0 Å². The summed E-state index contributed by atoms with van der Waals surface area (Å²) in [6.45, 7) is 11.9. The summed E-state index contributed by atoms with van der Waals surface area (Å²) in [4.78, 5) is 0. The van der Waals surface area contributed by atoms with Gasteiger partial charge in [-0.2, -0.15) is 0 Å². The molecule has 3 heterocycles. The molecule has 0 unspecified atom stereocenters. The van der Waals surface area contributed by atoms with E-state index in [-0.39, 0.29) is 0 Å². The largest absolute Gasteiger partial charge is 0.553 e. The Morgan fingerprint density at radius 2 is 0.607 bits per heavy atom. The van der Waals surface area contributed by atoms with Crippen LogP contribution in [0.3, 0.4) is 0 Å². The maximum atomic E-state index is 5.90. The van der Waals surface area contributed by atoms with Crippen molar-refractivity contribution >= 4 is 93.8 Å². The van der Waals surface area contributed by atoms with Crippen molar-refractivity contribution in [3.8, 4) is 0 Å². The van der Waals surface area contributed by atoms with Crippen molar-refractivity contribution in [3.63, 3.8) is 0 Å². The highest BCUT2D eigenvalue weighted by atomic mass is 28.6. The Kier molecular flexibility index (Phi) is 10.0. The van der Waals surface area contributed by atoms with Crippen LogP contribution in [0.4, 0.5) is 0 Å². The van der Waals surface area contributed by atoms with E-state index in [9.17, 15) is 0 Å². The second-order valence-corrected chi connectivity index (χ2v) is 24.4. The molecule has 0 amide bonds. The highest BCUT2D eigenvalue weighted by Gasteiger charge is 2.55. The zero-order chi connectivity index (χ0) is 20.3. The summed E-state index contributed by atoms with van der Waals surface area (Å²) in [5.41, 5.74) is 0. The third-order valence-corrected chi connectivity index (χ3v) is 21.3. The monoisotopic (exact) mass is 562 g/mol. The van der Waals surface area contributed by atoms with Gasteiger partial charge in [-0.25, -0.2) is 0 Å². The minimum atomic E-state index is -2.29. The van der Waals surface area contributed by atoms with E-state index in [2.05, 4.69) is 0 Å². The van der Waals surface area contributed by atoms with E-state index in [1.807, 2.05) is 39.3 Å². The summed E-state index contributed by atoms with van der Waals surface area (Å²) < 4.78 is 70.5. The average Bonchev–Trinajstić information content (AvgIpc) is 2.46. The lowest BCUT2D eigenvalue weighted by atomic mass is 11.9. The molecule has 28 heavy (non-hydrogen) atoms. The van der Waals surface area contributed by atoms with Gasteiger partial charge in [-0.15, -0.1) is 0 Å². The van der Waals surface area contributed by atoms with E-state index in [0.29, 0.717) is 0 Å². The summed E-state index contributed by atoms with van der Waals surface area (Å²) >= 11 is 0. The fourth-order valence-corrected chi connectivity index (χ4v) is 21.8. The first-order chi connectivity index (χ1) is 13.3. The summed E-state index contributed by atoms with van der Waals surface area (Å²) in [5, 5.41) is 0. The molecule has 3 fully saturated rings. The Hall–Kier alpha value is 1.69. The number of hydrogen-bond acceptors (Lipinski definition) is 12. The van der Waals surface area contributed by atoms with Crippen molar-refractivity contribution in [3.05, 3.63) is 0 Å². The molecule has 0 aromatic heterocycles. The van der Waals surface area contributed by atoms with Crippen LogP contribution >= 0.6 is 0 Å². The molecule has 4 bridgehead atoms. The van der Waals surface area contributed by atoms with Crippen molar-refractivity contribution in [1.82, 2.24) is 0 Å². The van der Waals surface area contributed by atoms with Crippen molar-refractivity contribution in [2.75, 3.05) is 0 Å². The second-order valence-electron chi connectivity index (χ2n) is 5.70. The van der Waals surface area contributed by atoms with Crippen molar-refractivity contribution < 1.29 is 49.4 Å². The molecule has 3 aliphatic rings. The van der Waals surface area contributed by atoms with Crippen LogP contribution in [0.25, 0.3) is 0 Å². The zero-order valence-corrected chi connectivity index (χ0v) is 25.9. The minimum absolute atomic E-state index is 1.11. The lowest BCUT2D eigenvalue weighted by molar-refractivity contribution is 0.0820. The molecule has 0 aromatic carbocycles. The van der Waals surface area contributed by atoms with Gasteiger partial charge in [0.25, 0.3) is 0 Å². The average molecular weight is 563 g/mol. The molecular weight excluding hydrogens is 545 g/mol. The van der Waals surface area contributed by atoms with E-state index in [1.165, 1.54) is 0 Å². The normalized spacial score (nSPS) is 26.0. The van der Waals surface area contributed by atoms with Crippen LogP contribution in [-0.4, -0.2) is 93.8 Å². The van der Waals surface area contributed by atoms with Gasteiger partial charge in [0.15, 0.2) is 27.1 Å². The van der Waals surface area contributed by atoms with Gasteiger partial charge in [-0.05, 0) is 39.3 Å². The first-order valence-corrected chi connectivity index (χ1v) is 23.7. The van der Waals surface area contributed by atoms with Crippen molar-refractivity contribution in [2.24, 2.45) is 0 Å². The van der Waals surface area contributed by atoms with E-state index >= 15 is 0 Å². The van der Waals surface area contributed by atoms with Crippen LogP contribution < -0.4 is 0 Å². The smallest absolute Gasteiger partial charge is 0.414 e. The highest BCUT2D eigenvalue weighted by molar-refractivity contribution is 6.79. The predicted molar refractivity (Wildman–Crippen MR) is 106 cm³/mol. The molecule has 0 saturated carbocycles. The maximum Gasteiger partial charge on any atom is 0.553 e. The second kappa shape index (κ2) is 11.5. The molecule has 0 aliphatic carbocycles. The number of rotatable bonds is 6. The molecule has 3 aliphatic heterocycles. The lowest BCUT2D eigenvalue weighted by Crippen LogP contribution is -2.63. The van der Waals surface area contributed by atoms with Gasteiger partial charge in [-0.1, -0.05) is 0 Å². The van der Waals surface area contributed by atoms with Crippen LogP contribution in [0.1, 0.15) is 0 Å². The Bertz CT molecular complexity index is 405. The molecule has 10 radical (unpaired) electrons. The fourth-order valence-electron chi connectivity index (χ4n) is 1.55. The fraction of sp³-hybridized carbons (Fsp3) is 1.00. The highest BCUT2D eigenvalue weighted by Crippen LogP contribution is 2.20. The molecular formula is C6H18O12Si10. The molecule has 0 spiro atoms. The Labute approximate surface area is 182 Å². The van der Waals surface area contributed by atoms with Crippen LogP contribution in [0.15, 0.2) is 0 Å². The number of hydrogen-bond donors (Lipinski definition) is 0. The summed E-state index contributed by atoms with van der Waals surface area (Å²) in [7, 11) is -19.1. The minimum Gasteiger partial charge on any atom is -0.414 e. The standard InChI is InChI=1S/C6H18O12Si10/c1-19(2)7-22-10-25-12-23(8-20(3)4)14-27-15-24(9-21(5)6)13-26(11-22)17-28(16-25)18-27/h1-6H3. The quantitative estimate of drug-likeness (QED) is 0.365. The van der Waals surface area contributed by atoms with Gasteiger partial charge in [-0.3, -0.25) is 0 Å². The zero-order valence-electron chi connectivity index (χ0n) is 15.9. The van der Waals surface area contributed by atoms with E-state index in [4.69, 9.17) is 49.4 Å². The Balaban J connectivity index is 1.83. The molecule has 154 valence electrons. The Morgan fingerprint density at radius 1 is 0.393 bits per heavy atom. The van der Waals surface area contributed by atoms with E-state index < -0.39 is 93.8 Å². The first-order valence-electron chi connectivity index (χ1n) is 7.90. The maximum absolute atomic E-state index is 5.90. The van der Waals surface area contributed by atoms with Crippen LogP contribution in [0.2, 0.25) is 39.3 Å². The van der Waals surface area contributed by atoms with Gasteiger partial charge in [0.2, 0.25) is 0 Å². The van der Waals surface area contributed by atoms with Crippen molar-refractivity contribution in [1.29, 1.82) is 0 Å². The van der Waals surface area contributed by atoms with Gasteiger partial charge in [0.1, 0.15) is 0 Å². The molecule has 3 saturated heterocycles. The van der Waals surface area contributed by atoms with Gasteiger partial charge in [0, 0.05) is 0 Å². The van der Waals surface area contributed by atoms with Gasteiger partial charge >= 0.3 is 66.7 Å². The summed E-state index contributed by atoms with van der Waals surface area (Å²) in [6, 6.07) is 0. The third kappa shape index (κ3) is 7.99. The SMILES string of the molecule is C[Si](C)O[Si]1O[Si]2O[Si](O[Si](C)C)O[Si]3O[Si](O[Si](C)C)O[Si](O1)O[Si](O2)O3. The van der Waals surface area contributed by atoms with Crippen LogP contribution in [-0.2, 0) is 49.4 Å². The Morgan fingerprint density at radius 3 is 0.821 bits per heavy atom. The molecule has 22 heteroatoms. The first kappa shape index (κ1) is 24.3. The predicted octanol–water partition coefficient (Wildman–Crippen LogP) is -1.13.